The van der Waals surface area contributed by atoms with Gasteiger partial charge in [0.25, 0.3) is 5.89 Å². The quantitative estimate of drug-likeness (QED) is 0.470. The van der Waals surface area contributed by atoms with E-state index in [1.165, 1.54) is 5.56 Å². The lowest BCUT2D eigenvalue weighted by atomic mass is 9.87. The molecule has 4 rings (SSSR count). The van der Waals surface area contributed by atoms with Crippen molar-refractivity contribution in [2.45, 2.75) is 33.1 Å². The van der Waals surface area contributed by atoms with Gasteiger partial charge in [-0.3, -0.25) is 0 Å². The zero-order chi connectivity index (χ0) is 19.9. The molecule has 0 atom stereocenters. The zero-order valence-corrected chi connectivity index (χ0v) is 16.8. The van der Waals surface area contributed by atoms with E-state index in [1.807, 2.05) is 43.3 Å². The number of rotatable bonds is 3. The van der Waals surface area contributed by atoms with E-state index in [9.17, 15) is 0 Å². The molecule has 142 valence electrons. The van der Waals surface area contributed by atoms with Crippen molar-refractivity contribution in [3.05, 3.63) is 59.7 Å². The summed E-state index contributed by atoms with van der Waals surface area (Å²) < 4.78 is 11.0. The van der Waals surface area contributed by atoms with Gasteiger partial charge >= 0.3 is 0 Å². The number of para-hydroxylation sites is 1. The Morgan fingerprint density at radius 2 is 1.71 bits per heavy atom. The van der Waals surface area contributed by atoms with Gasteiger partial charge in [0.1, 0.15) is 0 Å². The second-order valence-electron chi connectivity index (χ2n) is 7.94. The van der Waals surface area contributed by atoms with Gasteiger partial charge in [0.05, 0.1) is 18.2 Å². The first-order valence-corrected chi connectivity index (χ1v) is 9.26. The van der Waals surface area contributed by atoms with Crippen molar-refractivity contribution < 1.29 is 9.26 Å². The second kappa shape index (κ2) is 6.75. The molecule has 2 aromatic carbocycles. The van der Waals surface area contributed by atoms with Gasteiger partial charge in [0.2, 0.25) is 11.7 Å². The highest BCUT2D eigenvalue weighted by Gasteiger charge is 2.18. The van der Waals surface area contributed by atoms with Crippen LogP contribution in [-0.4, -0.2) is 22.2 Å². The van der Waals surface area contributed by atoms with Gasteiger partial charge in [-0.05, 0) is 41.7 Å². The minimum atomic E-state index is 0.0980. The molecule has 0 N–H and O–H groups in total. The Bertz CT molecular complexity index is 1140. The molecule has 2 heterocycles. The minimum Gasteiger partial charge on any atom is -0.480 e. The maximum Gasteiger partial charge on any atom is 0.258 e. The Labute approximate surface area is 164 Å². The van der Waals surface area contributed by atoms with Crippen molar-refractivity contribution in [2.24, 2.45) is 0 Å². The van der Waals surface area contributed by atoms with E-state index in [2.05, 4.69) is 48.0 Å². The third kappa shape index (κ3) is 3.24. The number of hydrogen-bond acceptors (Lipinski definition) is 5. The van der Waals surface area contributed by atoms with Crippen molar-refractivity contribution >= 4 is 10.9 Å². The molecular weight excluding hydrogens is 350 g/mol. The summed E-state index contributed by atoms with van der Waals surface area (Å²) in [5.41, 5.74) is 4.95. The van der Waals surface area contributed by atoms with Gasteiger partial charge in [-0.2, -0.15) is 4.98 Å². The van der Waals surface area contributed by atoms with Crippen LogP contribution in [0.3, 0.4) is 0 Å². The molecule has 0 saturated heterocycles. The van der Waals surface area contributed by atoms with Gasteiger partial charge < -0.3 is 9.26 Å². The number of aryl methyl sites for hydroxylation is 1. The number of benzene rings is 2. The first-order chi connectivity index (χ1) is 13.4. The summed E-state index contributed by atoms with van der Waals surface area (Å²) in [6, 6.07) is 16.3. The Morgan fingerprint density at radius 1 is 0.964 bits per heavy atom. The molecule has 0 aliphatic heterocycles. The van der Waals surface area contributed by atoms with E-state index < -0.39 is 0 Å². The molecule has 0 spiro atoms. The summed E-state index contributed by atoms with van der Waals surface area (Å²) in [7, 11) is 1.60. The summed E-state index contributed by atoms with van der Waals surface area (Å²) in [6.45, 7) is 8.59. The number of methoxy groups -OCH3 is 1. The Morgan fingerprint density at radius 3 is 2.39 bits per heavy atom. The fourth-order valence-corrected chi connectivity index (χ4v) is 3.21. The van der Waals surface area contributed by atoms with E-state index in [0.29, 0.717) is 23.2 Å². The first kappa shape index (κ1) is 18.2. The molecular formula is C23H23N3O2. The van der Waals surface area contributed by atoms with Crippen molar-refractivity contribution in [3.63, 3.8) is 0 Å². The molecule has 0 aliphatic carbocycles. The number of nitrogens with zero attached hydrogens (tertiary/aromatic N) is 3. The molecule has 4 aromatic rings. The monoisotopic (exact) mass is 373 g/mol. The van der Waals surface area contributed by atoms with Crippen LogP contribution in [0.2, 0.25) is 0 Å². The molecule has 0 fully saturated rings. The van der Waals surface area contributed by atoms with Crippen molar-refractivity contribution in [1.29, 1.82) is 0 Å². The lowest BCUT2D eigenvalue weighted by Crippen LogP contribution is -2.10. The highest BCUT2D eigenvalue weighted by atomic mass is 16.5. The Kier molecular flexibility index (Phi) is 4.38. The van der Waals surface area contributed by atoms with Crippen LogP contribution in [0.4, 0.5) is 0 Å². The molecule has 0 unspecified atom stereocenters. The number of pyridine rings is 1. The fourth-order valence-electron chi connectivity index (χ4n) is 3.21. The molecule has 0 saturated carbocycles. The molecule has 2 aromatic heterocycles. The van der Waals surface area contributed by atoms with Crippen LogP contribution in [0.5, 0.6) is 5.88 Å². The maximum absolute atomic E-state index is 5.52. The van der Waals surface area contributed by atoms with Crippen molar-refractivity contribution in [3.8, 4) is 28.7 Å². The predicted octanol–water partition coefficient (Wildman–Crippen LogP) is 5.57. The molecule has 0 aliphatic rings. The minimum absolute atomic E-state index is 0.0980. The average Bonchev–Trinajstić information content (AvgIpc) is 3.17. The second-order valence-corrected chi connectivity index (χ2v) is 7.94. The maximum atomic E-state index is 5.52. The van der Waals surface area contributed by atoms with Crippen LogP contribution in [0.1, 0.15) is 31.9 Å². The van der Waals surface area contributed by atoms with E-state index >= 15 is 0 Å². The van der Waals surface area contributed by atoms with Crippen LogP contribution in [-0.2, 0) is 5.41 Å². The zero-order valence-electron chi connectivity index (χ0n) is 16.8. The van der Waals surface area contributed by atoms with Gasteiger partial charge in [-0.25, -0.2) is 4.98 Å². The third-order valence-electron chi connectivity index (χ3n) is 4.87. The average molecular weight is 373 g/mol. The van der Waals surface area contributed by atoms with Gasteiger partial charge in [0.15, 0.2) is 0 Å². The number of aromatic nitrogens is 3. The summed E-state index contributed by atoms with van der Waals surface area (Å²) >= 11 is 0. The third-order valence-corrected chi connectivity index (χ3v) is 4.87. The van der Waals surface area contributed by atoms with Crippen LogP contribution in [0.15, 0.2) is 53.1 Å². The summed E-state index contributed by atoms with van der Waals surface area (Å²) in [6.07, 6.45) is 0. The van der Waals surface area contributed by atoms with E-state index in [1.54, 1.807) is 7.11 Å². The largest absolute Gasteiger partial charge is 0.480 e. The van der Waals surface area contributed by atoms with Gasteiger partial charge in [0, 0.05) is 10.9 Å². The molecule has 0 amide bonds. The lowest BCUT2D eigenvalue weighted by molar-refractivity contribution is 0.399. The lowest BCUT2D eigenvalue weighted by Gasteiger charge is -2.18. The predicted molar refractivity (Wildman–Crippen MR) is 110 cm³/mol. The SMILES string of the molecule is COc1nc2c(C)cccc2cc1-c1noc(-c2ccc(C(C)(C)C)cc2)n1. The first-order valence-electron chi connectivity index (χ1n) is 9.26. The van der Waals surface area contributed by atoms with Gasteiger partial charge in [-0.1, -0.05) is 56.3 Å². The summed E-state index contributed by atoms with van der Waals surface area (Å²) in [5, 5.41) is 5.18. The highest BCUT2D eigenvalue weighted by Crippen LogP contribution is 2.32. The normalized spacial score (nSPS) is 11.8. The van der Waals surface area contributed by atoms with Crippen LogP contribution >= 0.6 is 0 Å². The number of ether oxygens (including phenoxy) is 1. The van der Waals surface area contributed by atoms with Crippen LogP contribution in [0, 0.1) is 6.92 Å². The Hall–Kier alpha value is -3.21. The van der Waals surface area contributed by atoms with Crippen LogP contribution in [0.25, 0.3) is 33.7 Å². The van der Waals surface area contributed by atoms with Crippen LogP contribution < -0.4 is 4.74 Å². The molecule has 28 heavy (non-hydrogen) atoms. The standard InChI is InChI=1S/C23H23N3O2/c1-14-7-6-8-16-13-18(22(27-5)24-19(14)16)20-25-21(28-26-20)15-9-11-17(12-10-15)23(2,3)4/h6-13H,1-5H3. The summed E-state index contributed by atoms with van der Waals surface area (Å²) in [5.74, 6) is 1.42. The summed E-state index contributed by atoms with van der Waals surface area (Å²) in [4.78, 5) is 9.23. The molecule has 5 heteroatoms. The highest BCUT2D eigenvalue weighted by molar-refractivity contribution is 5.87. The van der Waals surface area contributed by atoms with E-state index in [4.69, 9.17) is 9.26 Å². The van der Waals surface area contributed by atoms with Gasteiger partial charge in [-0.15, -0.1) is 0 Å². The number of hydrogen-bond donors (Lipinski definition) is 0. The molecule has 0 bridgehead atoms. The van der Waals surface area contributed by atoms with E-state index in [-0.39, 0.29) is 5.41 Å². The fraction of sp³-hybridized carbons (Fsp3) is 0.261. The Balaban J connectivity index is 1.75. The number of fused-ring (bicyclic) bond motifs is 1. The van der Waals surface area contributed by atoms with E-state index in [0.717, 1.165) is 22.0 Å². The topological polar surface area (TPSA) is 61.0 Å². The molecule has 0 radical (unpaired) electrons. The smallest absolute Gasteiger partial charge is 0.258 e. The van der Waals surface area contributed by atoms with Crippen molar-refractivity contribution in [1.82, 2.24) is 15.1 Å². The van der Waals surface area contributed by atoms with Crippen molar-refractivity contribution in [2.75, 3.05) is 7.11 Å². The molecule has 5 nitrogen and oxygen atoms in total.